The van der Waals surface area contributed by atoms with Gasteiger partial charge in [-0.3, -0.25) is 14.9 Å². The van der Waals surface area contributed by atoms with E-state index in [0.717, 1.165) is 17.1 Å². The van der Waals surface area contributed by atoms with Gasteiger partial charge in [0.15, 0.2) is 0 Å². The van der Waals surface area contributed by atoms with Crippen LogP contribution in [0.1, 0.15) is 35.1 Å². The normalized spacial score (nSPS) is 20.4. The van der Waals surface area contributed by atoms with E-state index in [9.17, 15) is 9.90 Å². The van der Waals surface area contributed by atoms with Gasteiger partial charge in [-0.25, -0.2) is 0 Å². The van der Waals surface area contributed by atoms with Crippen molar-refractivity contribution in [2.75, 3.05) is 0 Å². The third-order valence-electron chi connectivity index (χ3n) is 4.94. The minimum Gasteiger partial charge on any atom is -0.393 e. The van der Waals surface area contributed by atoms with E-state index < -0.39 is 0 Å². The fraction of sp³-hybridized carbons (Fsp3) is 0.316. The van der Waals surface area contributed by atoms with E-state index in [2.05, 4.69) is 20.5 Å². The highest BCUT2D eigenvalue weighted by molar-refractivity contribution is 5.93. The van der Waals surface area contributed by atoms with Crippen LogP contribution in [-0.4, -0.2) is 36.9 Å². The molecule has 0 aliphatic heterocycles. The molecule has 0 spiro atoms. The number of aryl methyl sites for hydroxylation is 1. The average Bonchev–Trinajstić information content (AvgIpc) is 3.26. The molecule has 1 fully saturated rings. The molecule has 0 radical (unpaired) electrons. The monoisotopic (exact) mass is 351 g/mol. The number of carbonyl (C=O) groups excluding carboxylic acids is 1. The molecule has 0 saturated heterocycles. The number of nitrogens with zero attached hydrogens (tertiary/aromatic N) is 3. The zero-order chi connectivity index (χ0) is 18.1. The number of aliphatic hydroxyl groups is 1. The van der Waals surface area contributed by atoms with Crippen LogP contribution >= 0.6 is 0 Å². The minimum absolute atomic E-state index is 0.180. The number of hydrogen-bond acceptors (Lipinski definition) is 4. The summed E-state index contributed by atoms with van der Waals surface area (Å²) in [6.45, 7) is 0. The molecule has 134 valence electrons. The van der Waals surface area contributed by atoms with E-state index in [-0.39, 0.29) is 24.0 Å². The van der Waals surface area contributed by atoms with Crippen molar-refractivity contribution < 1.29 is 9.90 Å². The van der Waals surface area contributed by atoms with E-state index >= 15 is 0 Å². The number of pyridine rings is 1. The topological polar surface area (TPSA) is 95.8 Å². The molecule has 0 aromatic carbocycles. The van der Waals surface area contributed by atoms with Gasteiger partial charge in [0.05, 0.1) is 23.5 Å². The average molecular weight is 351 g/mol. The van der Waals surface area contributed by atoms with Crippen LogP contribution in [0, 0.1) is 5.92 Å². The summed E-state index contributed by atoms with van der Waals surface area (Å²) in [7, 11) is 1.93. The second kappa shape index (κ2) is 6.76. The number of H-pyrrole nitrogens is 1. The van der Waals surface area contributed by atoms with Crippen LogP contribution in [0.3, 0.4) is 0 Å². The van der Waals surface area contributed by atoms with E-state index in [1.165, 1.54) is 0 Å². The number of aliphatic hydroxyl groups excluding tert-OH is 1. The predicted molar refractivity (Wildman–Crippen MR) is 96.2 cm³/mol. The SMILES string of the molecule is Cn1cccc1-c1cc(C(=O)N[C@@H](c2ccccn2)C2CC(O)C2)[nH]n1. The lowest BCUT2D eigenvalue weighted by Gasteiger charge is -2.37. The van der Waals surface area contributed by atoms with Gasteiger partial charge in [-0.15, -0.1) is 0 Å². The zero-order valence-corrected chi connectivity index (χ0v) is 14.5. The number of aromatic nitrogens is 4. The largest absolute Gasteiger partial charge is 0.393 e. The number of aromatic amines is 1. The van der Waals surface area contributed by atoms with Crippen LogP contribution in [0.15, 0.2) is 48.8 Å². The van der Waals surface area contributed by atoms with Crippen molar-refractivity contribution in [3.8, 4) is 11.4 Å². The Morgan fingerprint density at radius 3 is 2.85 bits per heavy atom. The summed E-state index contributed by atoms with van der Waals surface area (Å²) >= 11 is 0. The Hall–Kier alpha value is -2.93. The molecule has 1 aliphatic rings. The molecule has 0 unspecified atom stereocenters. The maximum Gasteiger partial charge on any atom is 0.269 e. The summed E-state index contributed by atoms with van der Waals surface area (Å²) in [5.41, 5.74) is 2.86. The van der Waals surface area contributed by atoms with Crippen molar-refractivity contribution in [2.24, 2.45) is 13.0 Å². The van der Waals surface area contributed by atoms with Crippen molar-refractivity contribution in [3.05, 3.63) is 60.2 Å². The summed E-state index contributed by atoms with van der Waals surface area (Å²) in [4.78, 5) is 17.1. The van der Waals surface area contributed by atoms with Crippen molar-refractivity contribution in [1.29, 1.82) is 0 Å². The molecule has 1 saturated carbocycles. The maximum atomic E-state index is 12.7. The molecule has 0 bridgehead atoms. The van der Waals surface area contributed by atoms with Gasteiger partial charge in [-0.1, -0.05) is 6.07 Å². The van der Waals surface area contributed by atoms with Gasteiger partial charge in [0.2, 0.25) is 0 Å². The van der Waals surface area contributed by atoms with Gasteiger partial charge in [-0.05, 0) is 49.1 Å². The molecule has 7 heteroatoms. The first-order valence-corrected chi connectivity index (χ1v) is 8.69. The molecule has 4 rings (SSSR count). The highest BCUT2D eigenvalue weighted by Gasteiger charge is 2.36. The number of hydrogen-bond donors (Lipinski definition) is 3. The molecule has 3 aromatic rings. The highest BCUT2D eigenvalue weighted by atomic mass is 16.3. The standard InChI is InChI=1S/C19H21N5O2/c1-24-8-4-6-17(24)15-11-16(23-22-15)19(26)21-18(12-9-13(25)10-12)14-5-2-3-7-20-14/h2-8,11-13,18,25H,9-10H2,1H3,(H,21,26)(H,22,23)/t12?,13?,18-/m1/s1. The third kappa shape index (κ3) is 3.13. The summed E-state index contributed by atoms with van der Waals surface area (Å²) < 4.78 is 1.95. The smallest absolute Gasteiger partial charge is 0.269 e. The first-order chi connectivity index (χ1) is 12.6. The van der Waals surface area contributed by atoms with Crippen molar-refractivity contribution >= 4 is 5.91 Å². The Bertz CT molecular complexity index is 896. The number of rotatable bonds is 5. The second-order valence-corrected chi connectivity index (χ2v) is 6.76. The number of nitrogens with one attached hydrogen (secondary N) is 2. The van der Waals surface area contributed by atoms with E-state index in [1.54, 1.807) is 12.3 Å². The Balaban J connectivity index is 1.53. The molecule has 1 atom stereocenters. The lowest BCUT2D eigenvalue weighted by molar-refractivity contribution is 0.0227. The van der Waals surface area contributed by atoms with Gasteiger partial charge in [0.25, 0.3) is 5.91 Å². The van der Waals surface area contributed by atoms with Crippen LogP contribution in [0.4, 0.5) is 0 Å². The van der Waals surface area contributed by atoms with Crippen LogP contribution < -0.4 is 5.32 Å². The fourth-order valence-electron chi connectivity index (χ4n) is 3.41. The predicted octanol–water partition coefficient (Wildman–Crippen LogP) is 2.05. The Kier molecular flexibility index (Phi) is 4.30. The lowest BCUT2D eigenvalue weighted by Crippen LogP contribution is -2.41. The Morgan fingerprint density at radius 2 is 2.19 bits per heavy atom. The van der Waals surface area contributed by atoms with E-state index in [4.69, 9.17) is 0 Å². The van der Waals surface area contributed by atoms with Crippen molar-refractivity contribution in [2.45, 2.75) is 25.0 Å². The summed E-state index contributed by atoms with van der Waals surface area (Å²) in [5, 5.41) is 19.8. The molecule has 7 nitrogen and oxygen atoms in total. The highest BCUT2D eigenvalue weighted by Crippen LogP contribution is 2.37. The lowest BCUT2D eigenvalue weighted by atomic mass is 9.76. The molecular weight excluding hydrogens is 330 g/mol. The van der Waals surface area contributed by atoms with E-state index in [0.29, 0.717) is 18.5 Å². The van der Waals surface area contributed by atoms with Gasteiger partial charge in [0.1, 0.15) is 11.4 Å². The molecule has 1 aliphatic carbocycles. The van der Waals surface area contributed by atoms with Crippen LogP contribution in [-0.2, 0) is 7.05 Å². The van der Waals surface area contributed by atoms with Gasteiger partial charge in [0, 0.05) is 19.4 Å². The molecule has 3 N–H and O–H groups in total. The number of carbonyl (C=O) groups is 1. The third-order valence-corrected chi connectivity index (χ3v) is 4.94. The van der Waals surface area contributed by atoms with Crippen molar-refractivity contribution in [3.63, 3.8) is 0 Å². The second-order valence-electron chi connectivity index (χ2n) is 6.76. The van der Waals surface area contributed by atoms with Crippen molar-refractivity contribution in [1.82, 2.24) is 25.1 Å². The summed E-state index contributed by atoms with van der Waals surface area (Å²) in [6.07, 6.45) is 4.69. The number of amides is 1. The fourth-order valence-corrected chi connectivity index (χ4v) is 3.41. The molecule has 1 amide bonds. The minimum atomic E-state index is -0.292. The summed E-state index contributed by atoms with van der Waals surface area (Å²) in [5.74, 6) is -0.0471. The Labute approximate surface area is 151 Å². The molecule has 26 heavy (non-hydrogen) atoms. The van der Waals surface area contributed by atoms with Crippen LogP contribution in [0.2, 0.25) is 0 Å². The van der Waals surface area contributed by atoms with E-state index in [1.807, 2.05) is 48.1 Å². The maximum absolute atomic E-state index is 12.7. The zero-order valence-electron chi connectivity index (χ0n) is 14.5. The molecule has 3 heterocycles. The molecular formula is C19H21N5O2. The van der Waals surface area contributed by atoms with Gasteiger partial charge < -0.3 is 15.0 Å². The Morgan fingerprint density at radius 1 is 1.35 bits per heavy atom. The quantitative estimate of drug-likeness (QED) is 0.655. The van der Waals surface area contributed by atoms with Gasteiger partial charge >= 0.3 is 0 Å². The van der Waals surface area contributed by atoms with Gasteiger partial charge in [-0.2, -0.15) is 5.10 Å². The first-order valence-electron chi connectivity index (χ1n) is 8.69. The van der Waals surface area contributed by atoms with Crippen LogP contribution in [0.25, 0.3) is 11.4 Å². The van der Waals surface area contributed by atoms with Crippen LogP contribution in [0.5, 0.6) is 0 Å². The molecule has 3 aromatic heterocycles. The summed E-state index contributed by atoms with van der Waals surface area (Å²) in [6, 6.07) is 11.1. The first kappa shape index (κ1) is 16.5.